The summed E-state index contributed by atoms with van der Waals surface area (Å²) in [7, 11) is 0. The van der Waals surface area contributed by atoms with Gasteiger partial charge in [-0.15, -0.1) is 0 Å². The number of nitrogens with one attached hydrogen (secondary N) is 4. The number of pyridine rings is 1. The highest BCUT2D eigenvalue weighted by Crippen LogP contribution is 2.04. The molecule has 0 spiro atoms. The Kier molecular flexibility index (Phi) is 23.6. The van der Waals surface area contributed by atoms with Gasteiger partial charge >= 0.3 is 6.03 Å². The first kappa shape index (κ1) is 44.3. The summed E-state index contributed by atoms with van der Waals surface area (Å²) in [4.78, 5) is 75.1. The normalized spacial score (nSPS) is 11.0. The highest BCUT2D eigenvalue weighted by atomic mass is 16.5. The maximum Gasteiger partial charge on any atom is 0.335 e. The first-order chi connectivity index (χ1) is 24.4. The predicted octanol–water partition coefficient (Wildman–Crippen LogP) is 2.08. The van der Waals surface area contributed by atoms with Gasteiger partial charge in [0.05, 0.1) is 11.4 Å². The first-order valence-electron chi connectivity index (χ1n) is 17.4. The molecule has 0 fully saturated rings. The average Bonchev–Trinajstić information content (AvgIpc) is 3.12. The van der Waals surface area contributed by atoms with Crippen LogP contribution in [0.4, 0.5) is 4.79 Å². The summed E-state index contributed by atoms with van der Waals surface area (Å²) in [6.07, 6.45) is 6.68. The molecule has 18 heteroatoms. The van der Waals surface area contributed by atoms with E-state index in [0.717, 1.165) is 0 Å². The van der Waals surface area contributed by atoms with Gasteiger partial charge in [-0.25, -0.2) is 25.4 Å². The van der Waals surface area contributed by atoms with E-state index in [9.17, 15) is 44.4 Å². The molecule has 0 aliphatic carbocycles. The van der Waals surface area contributed by atoms with Crippen molar-refractivity contribution in [3.63, 3.8) is 0 Å². The van der Waals surface area contributed by atoms with Crippen molar-refractivity contribution in [1.29, 1.82) is 0 Å². The number of aromatic nitrogens is 1. The Balaban J connectivity index is 2.01. The number of carbonyl (C=O) groups is 6. The number of hydroxylamine groups is 6. The van der Waals surface area contributed by atoms with Crippen LogP contribution in [0.25, 0.3) is 0 Å². The van der Waals surface area contributed by atoms with Crippen LogP contribution in [0.5, 0.6) is 0 Å². The highest BCUT2D eigenvalue weighted by Gasteiger charge is 2.14. The molecule has 286 valence electrons. The van der Waals surface area contributed by atoms with E-state index < -0.39 is 23.8 Å². The number of urea groups is 1. The molecular formula is C33H55N9O9. The second kappa shape index (κ2) is 27.1. The van der Waals surface area contributed by atoms with Gasteiger partial charge in [-0.05, 0) is 76.8 Å². The van der Waals surface area contributed by atoms with Crippen molar-refractivity contribution in [2.75, 3.05) is 39.3 Å². The monoisotopic (exact) mass is 721 g/mol. The minimum atomic E-state index is -0.566. The second-order valence-electron chi connectivity index (χ2n) is 11.8. The fraction of sp³-hybridized carbons (Fsp3) is 0.636. The van der Waals surface area contributed by atoms with Crippen molar-refractivity contribution in [3.05, 3.63) is 30.1 Å². The van der Waals surface area contributed by atoms with Gasteiger partial charge in [-0.1, -0.05) is 6.07 Å². The van der Waals surface area contributed by atoms with E-state index in [1.165, 1.54) is 6.92 Å². The summed E-state index contributed by atoms with van der Waals surface area (Å²) >= 11 is 0. The fourth-order valence-electron chi connectivity index (χ4n) is 4.44. The van der Waals surface area contributed by atoms with E-state index in [4.69, 9.17) is 0 Å². The third-order valence-corrected chi connectivity index (χ3v) is 7.50. The van der Waals surface area contributed by atoms with Crippen molar-refractivity contribution < 1.29 is 44.4 Å². The summed E-state index contributed by atoms with van der Waals surface area (Å²) < 4.78 is 0. The molecule has 0 aliphatic heterocycles. The molecule has 1 heterocycles. The van der Waals surface area contributed by atoms with Gasteiger partial charge in [0.25, 0.3) is 0 Å². The smallest absolute Gasteiger partial charge is 0.335 e. The van der Waals surface area contributed by atoms with Gasteiger partial charge in [0.15, 0.2) is 0 Å². The molecule has 51 heavy (non-hydrogen) atoms. The van der Waals surface area contributed by atoms with Crippen molar-refractivity contribution in [2.45, 2.75) is 97.3 Å². The van der Waals surface area contributed by atoms with E-state index in [0.29, 0.717) is 104 Å². The largest absolute Gasteiger partial charge is 0.356 e. The van der Waals surface area contributed by atoms with Gasteiger partial charge < -0.3 is 16.0 Å². The second-order valence-corrected chi connectivity index (χ2v) is 11.8. The number of rotatable bonds is 26. The Hall–Kier alpha value is -4.68. The SMILES string of the molecule is CC(=O)N(O)CCCCCNC(=O)CCC(=O)N(O)CCCCCNC(=O)CCC(=O)N(O)CCCCCNC(=O)N/N=C(\C)c1ccccn1. The average molecular weight is 722 g/mol. The topological polar surface area (TPSA) is 246 Å². The third-order valence-electron chi connectivity index (χ3n) is 7.50. The molecular weight excluding hydrogens is 666 g/mol. The zero-order chi connectivity index (χ0) is 37.9. The summed E-state index contributed by atoms with van der Waals surface area (Å²) in [5.41, 5.74) is 3.63. The minimum absolute atomic E-state index is 0.0579. The van der Waals surface area contributed by atoms with E-state index in [1.54, 1.807) is 25.3 Å². The van der Waals surface area contributed by atoms with Crippen LogP contribution < -0.4 is 21.4 Å². The molecule has 0 atom stereocenters. The Labute approximate surface area is 298 Å². The van der Waals surface area contributed by atoms with E-state index in [2.05, 4.69) is 31.5 Å². The van der Waals surface area contributed by atoms with Crippen molar-refractivity contribution in [3.8, 4) is 0 Å². The zero-order valence-corrected chi connectivity index (χ0v) is 29.8. The predicted molar refractivity (Wildman–Crippen MR) is 185 cm³/mol. The number of unbranched alkanes of at least 4 members (excludes halogenated alkanes) is 6. The maximum atomic E-state index is 12.1. The molecule has 0 bridgehead atoms. The quantitative estimate of drug-likeness (QED) is 0.0318. The standard InChI is InChI=1S/C33H55N9O9/c1-26(28-14-6-10-19-34-28)38-39-33(48)37-22-9-5-13-25-42(51)32(47)18-16-30(45)36-21-8-4-12-24-41(50)31(46)17-15-29(44)35-20-7-3-11-23-40(49)27(2)43/h6,10,14,19,49-51H,3-5,7-9,11-13,15-18,20-25H2,1-2H3,(H,35,44)(H,36,45)(H2,37,39,48)/b38-26+. The van der Waals surface area contributed by atoms with Crippen LogP contribution in [0.2, 0.25) is 0 Å². The van der Waals surface area contributed by atoms with Gasteiger partial charge in [0.1, 0.15) is 0 Å². The molecule has 7 amide bonds. The Morgan fingerprint density at radius 1 is 0.627 bits per heavy atom. The molecule has 0 saturated heterocycles. The molecule has 0 unspecified atom stereocenters. The van der Waals surface area contributed by atoms with Gasteiger partial charge in [0, 0.05) is 78.1 Å². The fourth-order valence-corrected chi connectivity index (χ4v) is 4.44. The van der Waals surface area contributed by atoms with Gasteiger partial charge in [-0.3, -0.25) is 44.6 Å². The number of carbonyl (C=O) groups excluding carboxylic acids is 6. The number of hydrogen-bond acceptors (Lipinski definition) is 11. The van der Waals surface area contributed by atoms with Crippen LogP contribution in [-0.4, -0.2) is 116 Å². The maximum absolute atomic E-state index is 12.1. The summed E-state index contributed by atoms with van der Waals surface area (Å²) in [6, 6.07) is 4.94. The van der Waals surface area contributed by atoms with Crippen molar-refractivity contribution >= 4 is 41.3 Å². The van der Waals surface area contributed by atoms with Gasteiger partial charge in [-0.2, -0.15) is 5.10 Å². The van der Waals surface area contributed by atoms with Crippen LogP contribution in [0, 0.1) is 0 Å². The molecule has 0 aromatic carbocycles. The Bertz CT molecular complexity index is 1250. The molecule has 0 aliphatic rings. The molecule has 18 nitrogen and oxygen atoms in total. The first-order valence-corrected chi connectivity index (χ1v) is 17.4. The zero-order valence-electron chi connectivity index (χ0n) is 29.8. The van der Waals surface area contributed by atoms with E-state index in [1.807, 2.05) is 6.07 Å². The molecule has 0 radical (unpaired) electrons. The van der Waals surface area contributed by atoms with Crippen molar-refractivity contribution in [1.82, 2.24) is 41.5 Å². The molecule has 7 N–H and O–H groups in total. The Morgan fingerprint density at radius 2 is 1.10 bits per heavy atom. The number of nitrogens with zero attached hydrogens (tertiary/aromatic N) is 5. The number of hydrogen-bond donors (Lipinski definition) is 7. The van der Waals surface area contributed by atoms with E-state index >= 15 is 0 Å². The lowest BCUT2D eigenvalue weighted by Crippen LogP contribution is -2.33. The molecule has 1 aromatic heterocycles. The summed E-state index contributed by atoms with van der Waals surface area (Å²) in [5, 5.41) is 43.1. The van der Waals surface area contributed by atoms with E-state index in [-0.39, 0.29) is 57.1 Å². The molecule has 1 rings (SSSR count). The number of amides is 7. The van der Waals surface area contributed by atoms with Crippen molar-refractivity contribution in [2.24, 2.45) is 5.10 Å². The van der Waals surface area contributed by atoms with Crippen LogP contribution >= 0.6 is 0 Å². The molecule has 0 saturated carbocycles. The van der Waals surface area contributed by atoms with Gasteiger partial charge in [0.2, 0.25) is 29.5 Å². The Morgan fingerprint density at radius 3 is 1.55 bits per heavy atom. The summed E-state index contributed by atoms with van der Waals surface area (Å²) in [5.74, 6) is -2.20. The summed E-state index contributed by atoms with van der Waals surface area (Å²) in [6.45, 7) is 4.57. The lowest BCUT2D eigenvalue weighted by Gasteiger charge is -2.15. The molecule has 1 aromatic rings. The highest BCUT2D eigenvalue weighted by molar-refractivity contribution is 5.97. The number of hydrazone groups is 1. The lowest BCUT2D eigenvalue weighted by molar-refractivity contribution is -0.166. The lowest BCUT2D eigenvalue weighted by atomic mass is 10.2. The third kappa shape index (κ3) is 22.6. The van der Waals surface area contributed by atoms with Crippen LogP contribution in [0.1, 0.15) is 103 Å². The van der Waals surface area contributed by atoms with Crippen LogP contribution in [0.3, 0.4) is 0 Å². The van der Waals surface area contributed by atoms with Crippen LogP contribution in [-0.2, 0) is 24.0 Å². The minimum Gasteiger partial charge on any atom is -0.356 e. The van der Waals surface area contributed by atoms with Crippen LogP contribution in [0.15, 0.2) is 29.5 Å².